The lowest BCUT2D eigenvalue weighted by molar-refractivity contribution is 0.0993. The predicted octanol–water partition coefficient (Wildman–Crippen LogP) is 1.99. The lowest BCUT2D eigenvalue weighted by Gasteiger charge is -2.10. The number of nitrogens with two attached hydrogens (primary N) is 1. The molecular formula is C19H17FN8O. The molecule has 29 heavy (non-hydrogen) atoms. The number of benzene rings is 1. The van der Waals surface area contributed by atoms with Gasteiger partial charge in [0.15, 0.2) is 11.5 Å². The predicted molar refractivity (Wildman–Crippen MR) is 103 cm³/mol. The van der Waals surface area contributed by atoms with Crippen LogP contribution in [0.5, 0.6) is 0 Å². The van der Waals surface area contributed by atoms with E-state index in [0.29, 0.717) is 35.7 Å². The van der Waals surface area contributed by atoms with Gasteiger partial charge < -0.3 is 11.1 Å². The van der Waals surface area contributed by atoms with Gasteiger partial charge in [0.2, 0.25) is 5.82 Å². The topological polar surface area (TPSA) is 124 Å². The first-order valence-electron chi connectivity index (χ1n) is 8.93. The number of aryl methyl sites for hydroxylation is 1. The maximum atomic E-state index is 13.4. The second-order valence-corrected chi connectivity index (χ2v) is 6.28. The molecule has 1 amide bonds. The van der Waals surface area contributed by atoms with Gasteiger partial charge in [-0.05, 0) is 36.2 Å². The van der Waals surface area contributed by atoms with E-state index in [4.69, 9.17) is 5.73 Å². The molecule has 10 heteroatoms. The molecule has 0 unspecified atom stereocenters. The number of hydrogen-bond acceptors (Lipinski definition) is 7. The number of primary amides is 1. The highest BCUT2D eigenvalue weighted by Crippen LogP contribution is 2.22. The Hall–Kier alpha value is -3.95. The molecule has 0 aliphatic heterocycles. The monoisotopic (exact) mass is 392 g/mol. The summed E-state index contributed by atoms with van der Waals surface area (Å²) in [5.41, 5.74) is 7.93. The van der Waals surface area contributed by atoms with Crippen LogP contribution < -0.4 is 11.1 Å². The van der Waals surface area contributed by atoms with Gasteiger partial charge in [-0.15, -0.1) is 15.3 Å². The van der Waals surface area contributed by atoms with E-state index in [0.717, 1.165) is 5.56 Å². The van der Waals surface area contributed by atoms with Crippen molar-refractivity contribution in [3.05, 3.63) is 65.2 Å². The van der Waals surface area contributed by atoms with Gasteiger partial charge in [-0.3, -0.25) is 4.79 Å². The van der Waals surface area contributed by atoms with Crippen LogP contribution in [0.4, 0.5) is 10.2 Å². The number of amides is 1. The van der Waals surface area contributed by atoms with E-state index >= 15 is 0 Å². The molecule has 3 N–H and O–H groups in total. The van der Waals surface area contributed by atoms with Crippen molar-refractivity contribution in [1.82, 2.24) is 30.0 Å². The average Bonchev–Trinajstić information content (AvgIpc) is 3.16. The second kappa shape index (κ2) is 7.58. The highest BCUT2D eigenvalue weighted by molar-refractivity contribution is 5.92. The fourth-order valence-electron chi connectivity index (χ4n) is 2.92. The van der Waals surface area contributed by atoms with E-state index in [-0.39, 0.29) is 17.3 Å². The van der Waals surface area contributed by atoms with Crippen molar-refractivity contribution in [2.24, 2.45) is 5.73 Å². The molecule has 0 spiro atoms. The minimum Gasteiger partial charge on any atom is -0.364 e. The van der Waals surface area contributed by atoms with E-state index in [2.05, 4.69) is 30.8 Å². The molecule has 0 saturated carbocycles. The number of carbonyl (C=O) groups is 1. The minimum atomic E-state index is -0.620. The van der Waals surface area contributed by atoms with Crippen LogP contribution in [-0.4, -0.2) is 35.9 Å². The summed E-state index contributed by atoms with van der Waals surface area (Å²) in [6.45, 7) is 2.31. The van der Waals surface area contributed by atoms with Crippen molar-refractivity contribution in [3.8, 4) is 11.5 Å². The standard InChI is InChI=1S/C19H17FN8O/c1-2-13-18(22-10-11-5-3-6-12(20)9-11)23-19(26-24-13)16-14-7-4-8-15(17(21)29)28(14)27-25-16/h3-9H,2,10H2,1H3,(H2,21,29)(H,22,23,26). The number of nitrogens with one attached hydrogen (secondary N) is 1. The van der Waals surface area contributed by atoms with Gasteiger partial charge in [0.1, 0.15) is 17.2 Å². The first-order chi connectivity index (χ1) is 14.1. The number of rotatable bonds is 6. The molecule has 0 aliphatic rings. The van der Waals surface area contributed by atoms with Crippen LogP contribution >= 0.6 is 0 Å². The molecule has 0 fully saturated rings. The minimum absolute atomic E-state index is 0.198. The average molecular weight is 392 g/mol. The molecule has 146 valence electrons. The van der Waals surface area contributed by atoms with Crippen molar-refractivity contribution in [3.63, 3.8) is 0 Å². The quantitative estimate of drug-likeness (QED) is 0.514. The molecule has 3 heterocycles. The third-order valence-electron chi connectivity index (χ3n) is 4.35. The zero-order valence-corrected chi connectivity index (χ0v) is 15.5. The van der Waals surface area contributed by atoms with Crippen LogP contribution in [0.1, 0.15) is 28.7 Å². The van der Waals surface area contributed by atoms with Gasteiger partial charge in [0, 0.05) is 6.54 Å². The van der Waals surface area contributed by atoms with Gasteiger partial charge in [-0.25, -0.2) is 13.9 Å². The molecule has 0 bridgehead atoms. The number of anilines is 1. The Bertz CT molecular complexity index is 1210. The van der Waals surface area contributed by atoms with Crippen LogP contribution in [-0.2, 0) is 13.0 Å². The molecule has 3 aromatic heterocycles. The maximum Gasteiger partial charge on any atom is 0.267 e. The van der Waals surface area contributed by atoms with E-state index < -0.39 is 5.91 Å². The Labute approximate surface area is 164 Å². The van der Waals surface area contributed by atoms with Gasteiger partial charge >= 0.3 is 0 Å². The molecule has 1 aromatic carbocycles. The van der Waals surface area contributed by atoms with E-state index in [9.17, 15) is 9.18 Å². The number of nitrogens with zero attached hydrogens (tertiary/aromatic N) is 6. The SMILES string of the molecule is CCc1nnc(-c2nnn3c(C(N)=O)cccc23)nc1NCc1cccc(F)c1. The fourth-order valence-corrected chi connectivity index (χ4v) is 2.92. The van der Waals surface area contributed by atoms with Gasteiger partial charge in [0.25, 0.3) is 5.91 Å². The zero-order valence-electron chi connectivity index (χ0n) is 15.5. The van der Waals surface area contributed by atoms with Crippen LogP contribution in [0.3, 0.4) is 0 Å². The van der Waals surface area contributed by atoms with Crippen molar-refractivity contribution in [1.29, 1.82) is 0 Å². The third kappa shape index (κ3) is 3.59. The lowest BCUT2D eigenvalue weighted by Crippen LogP contribution is -2.15. The van der Waals surface area contributed by atoms with Gasteiger partial charge in [0.05, 0.1) is 5.52 Å². The molecule has 4 aromatic rings. The molecule has 0 radical (unpaired) electrons. The Morgan fingerprint density at radius 2 is 2.00 bits per heavy atom. The smallest absolute Gasteiger partial charge is 0.267 e. The van der Waals surface area contributed by atoms with Crippen molar-refractivity contribution < 1.29 is 9.18 Å². The maximum absolute atomic E-state index is 13.4. The van der Waals surface area contributed by atoms with Crippen molar-refractivity contribution >= 4 is 17.2 Å². The van der Waals surface area contributed by atoms with Crippen molar-refractivity contribution in [2.45, 2.75) is 19.9 Å². The highest BCUT2D eigenvalue weighted by Gasteiger charge is 2.18. The molecule has 4 rings (SSSR count). The third-order valence-corrected chi connectivity index (χ3v) is 4.35. The first-order valence-corrected chi connectivity index (χ1v) is 8.93. The number of fused-ring (bicyclic) bond motifs is 1. The molecule has 0 saturated heterocycles. The van der Waals surface area contributed by atoms with E-state index in [1.54, 1.807) is 24.3 Å². The Morgan fingerprint density at radius 3 is 2.76 bits per heavy atom. The second-order valence-electron chi connectivity index (χ2n) is 6.28. The van der Waals surface area contributed by atoms with Crippen LogP contribution in [0.25, 0.3) is 17.0 Å². The largest absolute Gasteiger partial charge is 0.364 e. The van der Waals surface area contributed by atoms with Gasteiger partial charge in [-0.2, -0.15) is 0 Å². The first kappa shape index (κ1) is 18.4. The van der Waals surface area contributed by atoms with E-state index in [1.165, 1.54) is 16.6 Å². The molecular weight excluding hydrogens is 375 g/mol. The summed E-state index contributed by atoms with van der Waals surface area (Å²) < 4.78 is 14.8. The number of pyridine rings is 1. The summed E-state index contributed by atoms with van der Waals surface area (Å²) in [5.74, 6) is -0.151. The summed E-state index contributed by atoms with van der Waals surface area (Å²) in [6, 6.07) is 11.3. The van der Waals surface area contributed by atoms with Gasteiger partial charge in [-0.1, -0.05) is 30.3 Å². The number of hydrogen-bond donors (Lipinski definition) is 2. The summed E-state index contributed by atoms with van der Waals surface area (Å²) in [6.07, 6.45) is 0.611. The number of carbonyl (C=O) groups excluding carboxylic acids is 1. The van der Waals surface area contributed by atoms with E-state index in [1.807, 2.05) is 13.0 Å². The van der Waals surface area contributed by atoms with Crippen LogP contribution in [0.2, 0.25) is 0 Å². The number of aromatic nitrogens is 6. The number of halogens is 1. The Morgan fingerprint density at radius 1 is 1.17 bits per heavy atom. The zero-order chi connectivity index (χ0) is 20.4. The van der Waals surface area contributed by atoms with Crippen LogP contribution in [0.15, 0.2) is 42.5 Å². The lowest BCUT2D eigenvalue weighted by atomic mass is 10.2. The van der Waals surface area contributed by atoms with Crippen LogP contribution in [0, 0.1) is 5.82 Å². The Balaban J connectivity index is 1.70. The molecule has 9 nitrogen and oxygen atoms in total. The fraction of sp³-hybridized carbons (Fsp3) is 0.158. The summed E-state index contributed by atoms with van der Waals surface area (Å²) in [4.78, 5) is 16.1. The van der Waals surface area contributed by atoms with Crippen molar-refractivity contribution in [2.75, 3.05) is 5.32 Å². The Kier molecular flexibility index (Phi) is 4.82. The highest BCUT2D eigenvalue weighted by atomic mass is 19.1. The molecule has 0 atom stereocenters. The summed E-state index contributed by atoms with van der Waals surface area (Å²) in [5, 5.41) is 19.6. The molecule has 0 aliphatic carbocycles. The normalized spacial score (nSPS) is 11.0. The summed E-state index contributed by atoms with van der Waals surface area (Å²) in [7, 11) is 0. The summed E-state index contributed by atoms with van der Waals surface area (Å²) >= 11 is 0.